The van der Waals surface area contributed by atoms with E-state index in [1.54, 1.807) is 6.08 Å². The van der Waals surface area contributed by atoms with Crippen molar-refractivity contribution >= 4 is 30.0 Å². The van der Waals surface area contributed by atoms with Gasteiger partial charge in [0, 0.05) is 26.6 Å². The molecule has 0 aromatic carbocycles. The minimum atomic E-state index is -0.786. The molecule has 10 nitrogen and oxygen atoms in total. The molecule has 0 aromatic heterocycles. The summed E-state index contributed by atoms with van der Waals surface area (Å²) in [6, 6.07) is -2.58. The van der Waals surface area contributed by atoms with E-state index in [4.69, 9.17) is 6.42 Å². The smallest absolute Gasteiger partial charge is 0.315 e. The Labute approximate surface area is 256 Å². The lowest BCUT2D eigenvalue weighted by atomic mass is 9.85. The lowest BCUT2D eigenvalue weighted by Gasteiger charge is -2.35. The Balaban J connectivity index is -0.000000432. The van der Waals surface area contributed by atoms with Gasteiger partial charge in [-0.2, -0.15) is 0 Å². The molecule has 0 bridgehead atoms. The standard InChI is InChI=1S/C20H32N4O4.C5H9NO.C3H8.2C2H6/c1-7-8-10-14(13(2)25)22-17(26)15-11-9-12-24(15)18(27)16(20(3,4)5)23-19(28)21-6;1-2-3-4-6-5-7;1-3-2;2*1-2/h1,14-16H,8-12H2,2-6H3,(H,22,26)(H2,21,23,28);2,5H,1,3-4H2,(H,6,7);3H2,1-2H3;2*1-2H3. The maximum atomic E-state index is 13.2. The molecule has 3 atom stereocenters. The normalized spacial score (nSPS) is 14.3. The van der Waals surface area contributed by atoms with Crippen molar-refractivity contribution in [1.82, 2.24) is 26.2 Å². The Bertz CT molecular complexity index is 794. The van der Waals surface area contributed by atoms with Crippen LogP contribution in [0.25, 0.3) is 0 Å². The van der Waals surface area contributed by atoms with Gasteiger partial charge >= 0.3 is 6.03 Å². The topological polar surface area (TPSA) is 137 Å². The van der Waals surface area contributed by atoms with Crippen molar-refractivity contribution < 1.29 is 24.0 Å². The highest BCUT2D eigenvalue weighted by Gasteiger charge is 2.42. The summed E-state index contributed by atoms with van der Waals surface area (Å²) in [6.45, 7) is 23.8. The fraction of sp³-hybridized carbons (Fsp3) is 0.719. The zero-order valence-corrected chi connectivity index (χ0v) is 28.3. The van der Waals surface area contributed by atoms with Gasteiger partial charge in [0.1, 0.15) is 12.1 Å². The number of amides is 5. The summed E-state index contributed by atoms with van der Waals surface area (Å²) in [6.07, 6.45) is 11.7. The number of Topliss-reactive ketones (excluding diaryl/α,β-unsaturated/α-hetero) is 1. The highest BCUT2D eigenvalue weighted by Crippen LogP contribution is 2.26. The van der Waals surface area contributed by atoms with Crippen molar-refractivity contribution in [1.29, 1.82) is 0 Å². The van der Waals surface area contributed by atoms with Crippen LogP contribution >= 0.6 is 0 Å². The van der Waals surface area contributed by atoms with Gasteiger partial charge in [0.25, 0.3) is 0 Å². The number of likely N-dealkylation sites (tertiary alicyclic amines) is 1. The Morgan fingerprint density at radius 3 is 2.05 bits per heavy atom. The van der Waals surface area contributed by atoms with E-state index in [2.05, 4.69) is 47.6 Å². The molecule has 10 heteroatoms. The first-order valence-corrected chi connectivity index (χ1v) is 15.2. The van der Waals surface area contributed by atoms with E-state index in [0.717, 1.165) is 6.42 Å². The third kappa shape index (κ3) is 21.4. The fourth-order valence-electron chi connectivity index (χ4n) is 3.44. The number of terminal acetylenes is 1. The summed E-state index contributed by atoms with van der Waals surface area (Å²) < 4.78 is 0. The molecule has 0 aliphatic carbocycles. The molecular formula is C32H61N5O5. The molecule has 1 aliphatic heterocycles. The van der Waals surface area contributed by atoms with E-state index in [9.17, 15) is 24.0 Å². The minimum absolute atomic E-state index is 0.173. The van der Waals surface area contributed by atoms with Crippen LogP contribution in [0.4, 0.5) is 4.79 Å². The number of ketones is 1. The van der Waals surface area contributed by atoms with E-state index in [-0.39, 0.29) is 17.6 Å². The number of nitrogens with zero attached hydrogens (tertiary/aromatic N) is 1. The Kier molecular flexibility index (Phi) is 31.7. The number of rotatable bonds is 11. The average Bonchev–Trinajstić information content (AvgIpc) is 3.46. The molecule has 0 radical (unpaired) electrons. The van der Waals surface area contributed by atoms with Gasteiger partial charge in [-0.05, 0) is 38.0 Å². The second-order valence-corrected chi connectivity index (χ2v) is 9.98. The molecule has 0 saturated carbocycles. The summed E-state index contributed by atoms with van der Waals surface area (Å²) in [4.78, 5) is 60.6. The lowest BCUT2D eigenvalue weighted by Crippen LogP contribution is -2.59. The van der Waals surface area contributed by atoms with Gasteiger partial charge in [-0.15, -0.1) is 18.9 Å². The molecule has 42 heavy (non-hydrogen) atoms. The van der Waals surface area contributed by atoms with E-state index in [1.165, 1.54) is 25.3 Å². The van der Waals surface area contributed by atoms with Gasteiger partial charge in [0.2, 0.25) is 18.2 Å². The molecular weight excluding hydrogens is 534 g/mol. The number of hydrogen-bond acceptors (Lipinski definition) is 5. The summed E-state index contributed by atoms with van der Waals surface area (Å²) in [7, 11) is 1.48. The highest BCUT2D eigenvalue weighted by atomic mass is 16.2. The van der Waals surface area contributed by atoms with Crippen molar-refractivity contribution in [3.05, 3.63) is 12.7 Å². The maximum Gasteiger partial charge on any atom is 0.315 e. The third-order valence-corrected chi connectivity index (χ3v) is 5.41. The molecule has 4 N–H and O–H groups in total. The summed E-state index contributed by atoms with van der Waals surface area (Å²) in [5.41, 5.74) is -0.540. The lowest BCUT2D eigenvalue weighted by molar-refractivity contribution is -0.142. The molecule has 1 fully saturated rings. The van der Waals surface area contributed by atoms with Crippen molar-refractivity contribution in [2.24, 2.45) is 5.41 Å². The van der Waals surface area contributed by atoms with E-state index < -0.39 is 29.6 Å². The van der Waals surface area contributed by atoms with Crippen LogP contribution < -0.4 is 21.3 Å². The minimum Gasteiger partial charge on any atom is -0.358 e. The van der Waals surface area contributed by atoms with Crippen LogP contribution in [0, 0.1) is 17.8 Å². The quantitative estimate of drug-likeness (QED) is 0.120. The first-order chi connectivity index (χ1) is 19.9. The second kappa shape index (κ2) is 29.2. The predicted octanol–water partition coefficient (Wildman–Crippen LogP) is 4.59. The van der Waals surface area contributed by atoms with Crippen LogP contribution in [0.3, 0.4) is 0 Å². The SMILES string of the molecule is C#CCCC(NC(=O)C1CCCN1C(=O)C(NC(=O)NC)C(C)(C)C)C(C)=O.C=CCCNC=O.CC.CC.CCC. The zero-order chi connectivity index (χ0) is 33.7. The largest absolute Gasteiger partial charge is 0.358 e. The molecule has 3 unspecified atom stereocenters. The molecule has 1 rings (SSSR count). The first kappa shape index (κ1) is 45.6. The van der Waals surface area contributed by atoms with Crippen molar-refractivity contribution in [3.63, 3.8) is 0 Å². The number of urea groups is 1. The van der Waals surface area contributed by atoms with Crippen LogP contribution in [-0.4, -0.2) is 73.2 Å². The maximum absolute atomic E-state index is 13.2. The van der Waals surface area contributed by atoms with Gasteiger partial charge in [-0.25, -0.2) is 4.79 Å². The van der Waals surface area contributed by atoms with E-state index in [0.29, 0.717) is 45.2 Å². The average molecular weight is 596 g/mol. The van der Waals surface area contributed by atoms with Gasteiger partial charge in [0.05, 0.1) is 6.04 Å². The van der Waals surface area contributed by atoms with E-state index in [1.807, 2.05) is 48.5 Å². The van der Waals surface area contributed by atoms with Crippen LogP contribution in [-0.2, 0) is 19.2 Å². The second-order valence-electron chi connectivity index (χ2n) is 9.98. The third-order valence-electron chi connectivity index (χ3n) is 5.41. The van der Waals surface area contributed by atoms with Crippen molar-refractivity contribution in [3.8, 4) is 12.3 Å². The van der Waals surface area contributed by atoms with Crippen LogP contribution in [0.1, 0.15) is 108 Å². The van der Waals surface area contributed by atoms with Crippen molar-refractivity contribution in [2.45, 2.75) is 126 Å². The van der Waals surface area contributed by atoms with Crippen molar-refractivity contribution in [2.75, 3.05) is 20.1 Å². The molecule has 1 heterocycles. The monoisotopic (exact) mass is 595 g/mol. The predicted molar refractivity (Wildman–Crippen MR) is 174 cm³/mol. The van der Waals surface area contributed by atoms with E-state index >= 15 is 0 Å². The molecule has 244 valence electrons. The number of nitrogens with one attached hydrogen (secondary N) is 4. The van der Waals surface area contributed by atoms with Gasteiger partial charge in [0.15, 0.2) is 5.78 Å². The van der Waals surface area contributed by atoms with Crippen LogP contribution in [0.15, 0.2) is 12.7 Å². The number of carbonyl (C=O) groups is 5. The summed E-state index contributed by atoms with van der Waals surface area (Å²) in [5, 5.41) is 10.4. The van der Waals surface area contributed by atoms with Crippen LogP contribution in [0.2, 0.25) is 0 Å². The molecule has 0 spiro atoms. The Morgan fingerprint density at radius 2 is 1.64 bits per heavy atom. The Hall–Kier alpha value is -3.35. The van der Waals surface area contributed by atoms with Gasteiger partial charge < -0.3 is 26.2 Å². The Morgan fingerprint density at radius 1 is 1.10 bits per heavy atom. The fourth-order valence-corrected chi connectivity index (χ4v) is 3.44. The van der Waals surface area contributed by atoms with Gasteiger partial charge in [-0.3, -0.25) is 19.2 Å². The molecule has 5 amide bonds. The van der Waals surface area contributed by atoms with Gasteiger partial charge in [-0.1, -0.05) is 74.8 Å². The number of carbonyl (C=O) groups excluding carboxylic acids is 5. The first-order valence-electron chi connectivity index (χ1n) is 15.2. The van der Waals surface area contributed by atoms with Crippen LogP contribution in [0.5, 0.6) is 0 Å². The highest BCUT2D eigenvalue weighted by molar-refractivity contribution is 5.94. The molecule has 1 saturated heterocycles. The number of hydrogen-bond donors (Lipinski definition) is 4. The zero-order valence-electron chi connectivity index (χ0n) is 28.3. The molecule has 0 aromatic rings. The summed E-state index contributed by atoms with van der Waals surface area (Å²) in [5.74, 6) is 1.62. The molecule has 1 aliphatic rings. The summed E-state index contributed by atoms with van der Waals surface area (Å²) >= 11 is 0.